The van der Waals surface area contributed by atoms with Gasteiger partial charge in [0.05, 0.1) is 0 Å². The van der Waals surface area contributed by atoms with E-state index in [1.807, 2.05) is 6.92 Å². The van der Waals surface area contributed by atoms with E-state index >= 15 is 0 Å². The summed E-state index contributed by atoms with van der Waals surface area (Å²) in [6.45, 7) is 6.50. The second kappa shape index (κ2) is 5.31. The molecule has 0 aromatic carbocycles. The van der Waals surface area contributed by atoms with Crippen LogP contribution in [0.2, 0.25) is 0 Å². The van der Waals surface area contributed by atoms with Gasteiger partial charge in [0, 0.05) is 25.5 Å². The molecule has 2 unspecified atom stereocenters. The molecule has 1 aliphatic heterocycles. The zero-order valence-corrected chi connectivity index (χ0v) is 10.3. The van der Waals surface area contributed by atoms with E-state index in [-0.39, 0.29) is 17.5 Å². The summed E-state index contributed by atoms with van der Waals surface area (Å²) in [6, 6.07) is 0. The molecule has 0 bridgehead atoms. The molecule has 1 aromatic heterocycles. The van der Waals surface area contributed by atoms with Crippen LogP contribution in [0.4, 0.5) is 0 Å². The van der Waals surface area contributed by atoms with Gasteiger partial charge in [-0.1, -0.05) is 6.92 Å². The molecule has 1 fully saturated rings. The number of ether oxygens (including phenoxy) is 1. The SMILES string of the molecule is CCn1ccnc(OC2CNCCC2C)c1=O. The first-order valence-electron chi connectivity index (χ1n) is 6.15. The third-order valence-electron chi connectivity index (χ3n) is 3.24. The zero-order valence-electron chi connectivity index (χ0n) is 10.3. The van der Waals surface area contributed by atoms with Crippen LogP contribution in [0.1, 0.15) is 20.3 Å². The first-order valence-corrected chi connectivity index (χ1v) is 6.15. The maximum atomic E-state index is 11.9. The van der Waals surface area contributed by atoms with Gasteiger partial charge in [0.15, 0.2) is 0 Å². The average Bonchev–Trinajstić information content (AvgIpc) is 2.34. The molecule has 0 spiro atoms. The molecule has 0 aliphatic carbocycles. The van der Waals surface area contributed by atoms with Crippen LogP contribution in [0.3, 0.4) is 0 Å². The van der Waals surface area contributed by atoms with Gasteiger partial charge in [-0.2, -0.15) is 0 Å². The normalized spacial score (nSPS) is 24.6. The Morgan fingerprint density at radius 2 is 2.47 bits per heavy atom. The summed E-state index contributed by atoms with van der Waals surface area (Å²) < 4.78 is 7.33. The number of aryl methyl sites for hydroxylation is 1. The van der Waals surface area contributed by atoms with E-state index in [0.29, 0.717) is 12.5 Å². The van der Waals surface area contributed by atoms with Crippen molar-refractivity contribution in [3.63, 3.8) is 0 Å². The summed E-state index contributed by atoms with van der Waals surface area (Å²) in [5.74, 6) is 0.669. The summed E-state index contributed by atoms with van der Waals surface area (Å²) in [5.41, 5.74) is -0.146. The van der Waals surface area contributed by atoms with Crippen molar-refractivity contribution in [1.29, 1.82) is 0 Å². The molecular formula is C12H19N3O2. The van der Waals surface area contributed by atoms with E-state index < -0.39 is 0 Å². The van der Waals surface area contributed by atoms with Crippen molar-refractivity contribution in [3.8, 4) is 5.88 Å². The molecule has 0 amide bonds. The molecular weight excluding hydrogens is 218 g/mol. The number of rotatable bonds is 3. The lowest BCUT2D eigenvalue weighted by Gasteiger charge is -2.29. The van der Waals surface area contributed by atoms with Gasteiger partial charge in [0.25, 0.3) is 5.88 Å². The summed E-state index contributed by atoms with van der Waals surface area (Å²) in [5, 5.41) is 3.27. The maximum Gasteiger partial charge on any atom is 0.313 e. The predicted molar refractivity (Wildman–Crippen MR) is 65.2 cm³/mol. The standard InChI is InChI=1S/C12H19N3O2/c1-3-15-7-6-14-11(12(15)16)17-10-8-13-5-4-9(10)2/h6-7,9-10,13H,3-5,8H2,1-2H3. The lowest BCUT2D eigenvalue weighted by Crippen LogP contribution is -2.44. The van der Waals surface area contributed by atoms with E-state index in [0.717, 1.165) is 19.5 Å². The number of aromatic nitrogens is 2. The Hall–Kier alpha value is -1.36. The number of piperidine rings is 1. The van der Waals surface area contributed by atoms with Crippen molar-refractivity contribution in [2.75, 3.05) is 13.1 Å². The number of nitrogens with zero attached hydrogens (tertiary/aromatic N) is 2. The Morgan fingerprint density at radius 3 is 3.18 bits per heavy atom. The number of hydrogen-bond acceptors (Lipinski definition) is 4. The minimum atomic E-state index is -0.146. The van der Waals surface area contributed by atoms with Gasteiger partial charge in [-0.15, -0.1) is 0 Å². The molecule has 1 aliphatic rings. The minimum absolute atomic E-state index is 0.0386. The highest BCUT2D eigenvalue weighted by atomic mass is 16.5. The third kappa shape index (κ3) is 2.66. The average molecular weight is 237 g/mol. The van der Waals surface area contributed by atoms with Crippen LogP contribution in [0.25, 0.3) is 0 Å². The van der Waals surface area contributed by atoms with Crippen molar-refractivity contribution >= 4 is 0 Å². The second-order valence-electron chi connectivity index (χ2n) is 4.45. The van der Waals surface area contributed by atoms with E-state index in [1.165, 1.54) is 0 Å². The van der Waals surface area contributed by atoms with Crippen LogP contribution in [-0.4, -0.2) is 28.7 Å². The highest BCUT2D eigenvalue weighted by Gasteiger charge is 2.24. The van der Waals surface area contributed by atoms with Crippen LogP contribution in [-0.2, 0) is 6.54 Å². The fourth-order valence-electron chi connectivity index (χ4n) is 2.02. The quantitative estimate of drug-likeness (QED) is 0.838. The molecule has 5 heteroatoms. The number of hydrogen-bond donors (Lipinski definition) is 1. The second-order valence-corrected chi connectivity index (χ2v) is 4.45. The van der Waals surface area contributed by atoms with E-state index in [4.69, 9.17) is 4.74 Å². The third-order valence-corrected chi connectivity index (χ3v) is 3.24. The summed E-state index contributed by atoms with van der Waals surface area (Å²) in [6.07, 6.45) is 4.40. The smallest absolute Gasteiger partial charge is 0.313 e. The minimum Gasteiger partial charge on any atom is -0.469 e. The lowest BCUT2D eigenvalue weighted by molar-refractivity contribution is 0.107. The largest absolute Gasteiger partial charge is 0.469 e. The monoisotopic (exact) mass is 237 g/mol. The summed E-state index contributed by atoms with van der Waals surface area (Å²) in [4.78, 5) is 16.0. The first kappa shape index (κ1) is 12.1. The van der Waals surface area contributed by atoms with Gasteiger partial charge in [0.1, 0.15) is 6.10 Å². The zero-order chi connectivity index (χ0) is 12.3. The molecule has 1 N–H and O–H groups in total. The molecule has 17 heavy (non-hydrogen) atoms. The summed E-state index contributed by atoms with van der Waals surface area (Å²) in [7, 11) is 0. The Bertz CT molecular complexity index is 430. The fraction of sp³-hybridized carbons (Fsp3) is 0.667. The van der Waals surface area contributed by atoms with Crippen molar-refractivity contribution in [1.82, 2.24) is 14.9 Å². The number of nitrogens with one attached hydrogen (secondary N) is 1. The predicted octanol–water partition coefficient (Wildman–Crippen LogP) is 0.640. The highest BCUT2D eigenvalue weighted by Crippen LogP contribution is 2.15. The molecule has 1 aromatic rings. The summed E-state index contributed by atoms with van der Waals surface area (Å²) >= 11 is 0. The molecule has 0 saturated carbocycles. The molecule has 2 rings (SSSR count). The van der Waals surface area contributed by atoms with Gasteiger partial charge >= 0.3 is 5.56 Å². The van der Waals surface area contributed by atoms with Crippen LogP contribution in [0.5, 0.6) is 5.88 Å². The lowest BCUT2D eigenvalue weighted by atomic mass is 9.97. The molecule has 94 valence electrons. The first-order chi connectivity index (χ1) is 8.22. The molecule has 0 radical (unpaired) electrons. The molecule has 2 heterocycles. The van der Waals surface area contributed by atoms with Crippen molar-refractivity contribution in [3.05, 3.63) is 22.7 Å². The van der Waals surface area contributed by atoms with Crippen molar-refractivity contribution < 1.29 is 4.74 Å². The van der Waals surface area contributed by atoms with E-state index in [1.54, 1.807) is 17.0 Å². The van der Waals surface area contributed by atoms with Crippen molar-refractivity contribution in [2.45, 2.75) is 32.9 Å². The van der Waals surface area contributed by atoms with E-state index in [9.17, 15) is 4.79 Å². The van der Waals surface area contributed by atoms with Crippen LogP contribution >= 0.6 is 0 Å². The van der Waals surface area contributed by atoms with Gasteiger partial charge in [-0.3, -0.25) is 4.79 Å². The van der Waals surface area contributed by atoms with Crippen molar-refractivity contribution in [2.24, 2.45) is 5.92 Å². The van der Waals surface area contributed by atoms with Crippen LogP contribution < -0.4 is 15.6 Å². The van der Waals surface area contributed by atoms with E-state index in [2.05, 4.69) is 17.2 Å². The Balaban J connectivity index is 2.15. The van der Waals surface area contributed by atoms with Gasteiger partial charge < -0.3 is 14.6 Å². The highest BCUT2D eigenvalue weighted by molar-refractivity contribution is 5.05. The van der Waals surface area contributed by atoms with Gasteiger partial charge in [-0.05, 0) is 25.8 Å². The fourth-order valence-corrected chi connectivity index (χ4v) is 2.02. The molecule has 1 saturated heterocycles. The maximum absolute atomic E-state index is 11.9. The van der Waals surface area contributed by atoms with Gasteiger partial charge in [0.2, 0.25) is 0 Å². The van der Waals surface area contributed by atoms with Gasteiger partial charge in [-0.25, -0.2) is 4.98 Å². The van der Waals surface area contributed by atoms with Crippen LogP contribution in [0.15, 0.2) is 17.2 Å². The topological polar surface area (TPSA) is 56.1 Å². The Labute approximate surface area is 101 Å². The molecule has 5 nitrogen and oxygen atoms in total. The Morgan fingerprint density at radius 1 is 1.65 bits per heavy atom. The molecule has 2 atom stereocenters. The Kier molecular flexibility index (Phi) is 3.78. The van der Waals surface area contributed by atoms with Crippen LogP contribution in [0, 0.1) is 5.92 Å².